The van der Waals surface area contributed by atoms with Crippen LogP contribution in [0.15, 0.2) is 53.4 Å². The second-order valence-electron chi connectivity index (χ2n) is 4.39. The third-order valence-electron chi connectivity index (χ3n) is 2.91. The summed E-state index contributed by atoms with van der Waals surface area (Å²) in [5.41, 5.74) is 1.66. The predicted octanol–water partition coefficient (Wildman–Crippen LogP) is 3.04. The van der Waals surface area contributed by atoms with Crippen LogP contribution in [0, 0.1) is 10.1 Å². The van der Waals surface area contributed by atoms with Gasteiger partial charge in [-0.2, -0.15) is 0 Å². The molecule has 2 aromatic rings. The van der Waals surface area contributed by atoms with Gasteiger partial charge in [-0.15, -0.1) is 22.7 Å². The van der Waals surface area contributed by atoms with Crippen LogP contribution in [0.5, 0.6) is 0 Å². The summed E-state index contributed by atoms with van der Waals surface area (Å²) in [7, 11) is 0. The van der Waals surface area contributed by atoms with E-state index in [0.717, 1.165) is 4.90 Å². The molecular formula is C15H13NO5S. The molecule has 0 heterocycles. The topological polar surface area (TPSA) is 78.7 Å². The van der Waals surface area contributed by atoms with Gasteiger partial charge in [-0.1, -0.05) is 24.3 Å². The Bertz CT molecular complexity index is 672. The summed E-state index contributed by atoms with van der Waals surface area (Å²) >= 11 is 4.14. The number of carbonyl (C=O) groups is 1. The number of hydrogen-bond donors (Lipinski definition) is 1. The summed E-state index contributed by atoms with van der Waals surface area (Å²) in [6.45, 7) is -0.173. The van der Waals surface area contributed by atoms with Crippen LogP contribution in [0.2, 0.25) is 0 Å². The van der Waals surface area contributed by atoms with Gasteiger partial charge < -0.3 is 9.57 Å². The lowest BCUT2D eigenvalue weighted by Gasteiger charge is -2.09. The molecule has 0 aliphatic carbocycles. The average molecular weight is 319 g/mol. The van der Waals surface area contributed by atoms with Gasteiger partial charge in [0.2, 0.25) is 0 Å². The van der Waals surface area contributed by atoms with E-state index in [4.69, 9.17) is 4.74 Å². The van der Waals surface area contributed by atoms with Crippen LogP contribution >= 0.6 is 12.6 Å². The SMILES string of the molecule is O=C(OCc1ccccc1CO[N+](=O)[O-])c1ccc(S)cc1. The smallest absolute Gasteiger partial charge is 0.338 e. The van der Waals surface area contributed by atoms with Crippen LogP contribution in [0.3, 0.4) is 0 Å². The van der Waals surface area contributed by atoms with Crippen LogP contribution in [0.25, 0.3) is 0 Å². The molecule has 0 saturated carbocycles. The van der Waals surface area contributed by atoms with Crippen LogP contribution in [0.1, 0.15) is 21.5 Å². The molecule has 0 N–H and O–H groups in total. The third-order valence-corrected chi connectivity index (χ3v) is 3.20. The fourth-order valence-corrected chi connectivity index (χ4v) is 1.93. The van der Waals surface area contributed by atoms with Gasteiger partial charge in [-0.25, -0.2) is 4.79 Å². The van der Waals surface area contributed by atoms with Gasteiger partial charge >= 0.3 is 5.97 Å². The number of ether oxygens (including phenoxy) is 1. The van der Waals surface area contributed by atoms with Crippen LogP contribution in [-0.4, -0.2) is 11.1 Å². The van der Waals surface area contributed by atoms with Crippen LogP contribution in [0.4, 0.5) is 0 Å². The Balaban J connectivity index is 2.00. The van der Waals surface area contributed by atoms with Gasteiger partial charge in [-0.05, 0) is 35.4 Å². The normalized spacial score (nSPS) is 10.0. The van der Waals surface area contributed by atoms with Gasteiger partial charge in [-0.3, -0.25) is 0 Å². The third kappa shape index (κ3) is 4.49. The van der Waals surface area contributed by atoms with E-state index in [2.05, 4.69) is 17.5 Å². The van der Waals surface area contributed by atoms with Crippen molar-refractivity contribution in [2.75, 3.05) is 0 Å². The minimum absolute atomic E-state index is 0.0126. The first-order chi connectivity index (χ1) is 10.6. The standard InChI is InChI=1S/C15H13NO5S/c17-15(11-5-7-14(22)8-6-11)20-9-12-3-1-2-4-13(12)10-21-16(18)19/h1-8,22H,9-10H2. The number of nitrogens with zero attached hydrogens (tertiary/aromatic N) is 1. The summed E-state index contributed by atoms with van der Waals surface area (Å²) in [5.74, 6) is -0.474. The Hall–Kier alpha value is -2.54. The van der Waals surface area contributed by atoms with Crippen molar-refractivity contribution in [3.63, 3.8) is 0 Å². The Labute approximate surface area is 132 Å². The van der Waals surface area contributed by atoms with Gasteiger partial charge in [0, 0.05) is 4.90 Å². The molecule has 0 saturated heterocycles. The molecule has 0 aromatic heterocycles. The summed E-state index contributed by atoms with van der Waals surface area (Å²) in [6, 6.07) is 13.5. The van der Waals surface area contributed by atoms with E-state index < -0.39 is 11.1 Å². The number of carbonyl (C=O) groups excluding carboxylic acids is 1. The van der Waals surface area contributed by atoms with Crippen LogP contribution < -0.4 is 0 Å². The molecule has 0 unspecified atom stereocenters. The highest BCUT2D eigenvalue weighted by Crippen LogP contribution is 2.14. The van der Waals surface area contributed by atoms with Crippen molar-refractivity contribution in [1.82, 2.24) is 0 Å². The molecule has 0 fully saturated rings. The number of thiol groups is 1. The fourth-order valence-electron chi connectivity index (χ4n) is 1.79. The zero-order chi connectivity index (χ0) is 15.9. The summed E-state index contributed by atoms with van der Waals surface area (Å²) < 4.78 is 5.21. The lowest BCUT2D eigenvalue weighted by Crippen LogP contribution is -2.08. The minimum Gasteiger partial charge on any atom is -0.457 e. The Morgan fingerprint density at radius 3 is 2.23 bits per heavy atom. The first kappa shape index (κ1) is 15.8. The van der Waals surface area contributed by atoms with E-state index in [-0.39, 0.29) is 13.2 Å². The molecule has 0 amide bonds. The average Bonchev–Trinajstić information content (AvgIpc) is 2.52. The molecule has 2 rings (SSSR count). The van der Waals surface area contributed by atoms with Crippen molar-refractivity contribution in [1.29, 1.82) is 0 Å². The highest BCUT2D eigenvalue weighted by atomic mass is 32.1. The van der Waals surface area contributed by atoms with Crippen molar-refractivity contribution in [3.8, 4) is 0 Å². The Kier molecular flexibility index (Phi) is 5.37. The van der Waals surface area contributed by atoms with E-state index >= 15 is 0 Å². The largest absolute Gasteiger partial charge is 0.457 e. The van der Waals surface area contributed by atoms with E-state index in [9.17, 15) is 14.9 Å². The van der Waals surface area contributed by atoms with Gasteiger partial charge in [0.15, 0.2) is 0 Å². The number of esters is 1. The molecule has 0 aliphatic heterocycles. The second kappa shape index (κ2) is 7.46. The number of hydrogen-bond acceptors (Lipinski definition) is 6. The maximum absolute atomic E-state index is 11.9. The molecule has 0 bridgehead atoms. The van der Waals surface area contributed by atoms with E-state index in [0.29, 0.717) is 16.7 Å². The molecule has 22 heavy (non-hydrogen) atoms. The molecule has 7 heteroatoms. The first-order valence-electron chi connectivity index (χ1n) is 6.36. The molecule has 114 valence electrons. The van der Waals surface area contributed by atoms with Crippen molar-refractivity contribution in [2.45, 2.75) is 18.1 Å². The summed E-state index contributed by atoms with van der Waals surface area (Å²) in [5, 5.41) is 9.39. The monoisotopic (exact) mass is 319 g/mol. The zero-order valence-electron chi connectivity index (χ0n) is 11.5. The summed E-state index contributed by atoms with van der Waals surface area (Å²) in [6.07, 6.45) is 0. The predicted molar refractivity (Wildman–Crippen MR) is 81.0 cm³/mol. The number of rotatable bonds is 6. The van der Waals surface area contributed by atoms with Crippen molar-refractivity contribution >= 4 is 18.6 Å². The van der Waals surface area contributed by atoms with Crippen LogP contribution in [-0.2, 0) is 22.8 Å². The Morgan fingerprint density at radius 1 is 1.05 bits per heavy atom. The molecule has 6 nitrogen and oxygen atoms in total. The molecular weight excluding hydrogens is 306 g/mol. The maximum Gasteiger partial charge on any atom is 0.338 e. The highest BCUT2D eigenvalue weighted by molar-refractivity contribution is 7.80. The van der Waals surface area contributed by atoms with E-state index in [1.807, 2.05) is 0 Å². The van der Waals surface area contributed by atoms with Gasteiger partial charge in [0.05, 0.1) is 5.56 Å². The molecule has 2 aromatic carbocycles. The zero-order valence-corrected chi connectivity index (χ0v) is 12.4. The molecule has 0 atom stereocenters. The Morgan fingerprint density at radius 2 is 1.64 bits per heavy atom. The van der Waals surface area contributed by atoms with Crippen molar-refractivity contribution in [2.24, 2.45) is 0 Å². The van der Waals surface area contributed by atoms with Gasteiger partial charge in [0.25, 0.3) is 5.09 Å². The molecule has 0 aliphatic rings. The van der Waals surface area contributed by atoms with Crippen molar-refractivity contribution in [3.05, 3.63) is 75.3 Å². The first-order valence-corrected chi connectivity index (χ1v) is 6.81. The summed E-state index contributed by atoms with van der Waals surface area (Å²) in [4.78, 5) is 27.3. The lowest BCUT2D eigenvalue weighted by molar-refractivity contribution is -0.763. The molecule has 0 spiro atoms. The second-order valence-corrected chi connectivity index (χ2v) is 4.91. The number of benzene rings is 2. The van der Waals surface area contributed by atoms with E-state index in [1.54, 1.807) is 48.5 Å². The minimum atomic E-state index is -0.859. The van der Waals surface area contributed by atoms with Gasteiger partial charge in [0.1, 0.15) is 13.2 Å². The highest BCUT2D eigenvalue weighted by Gasteiger charge is 2.10. The maximum atomic E-state index is 11.9. The lowest BCUT2D eigenvalue weighted by atomic mass is 10.1. The van der Waals surface area contributed by atoms with E-state index in [1.165, 1.54) is 0 Å². The fraction of sp³-hybridized carbons (Fsp3) is 0.133. The van der Waals surface area contributed by atoms with Crippen molar-refractivity contribution < 1.29 is 19.5 Å². The quantitative estimate of drug-likeness (QED) is 0.383. The molecule has 0 radical (unpaired) electrons.